The van der Waals surface area contributed by atoms with Gasteiger partial charge in [0.05, 0.1) is 0 Å². The third kappa shape index (κ3) is 2.85. The molecule has 0 aromatic heterocycles. The minimum atomic E-state index is 0.391. The highest BCUT2D eigenvalue weighted by molar-refractivity contribution is 8.00. The van der Waals surface area contributed by atoms with Crippen LogP contribution in [0.15, 0.2) is 29.2 Å². The summed E-state index contributed by atoms with van der Waals surface area (Å²) < 4.78 is 0. The molecular formula is C17H25NS. The van der Waals surface area contributed by atoms with E-state index in [9.17, 15) is 0 Å². The SMILES string of the molecule is Cc1ccc(S[C@H]2C[C@H]3CCCN3C(C)(C)C2)cc1. The Kier molecular flexibility index (Phi) is 3.65. The molecule has 2 heterocycles. The molecule has 2 aliphatic heterocycles. The van der Waals surface area contributed by atoms with Crippen LogP contribution < -0.4 is 0 Å². The minimum Gasteiger partial charge on any atom is -0.295 e. The number of piperidine rings is 1. The lowest BCUT2D eigenvalue weighted by molar-refractivity contribution is 0.0602. The zero-order valence-corrected chi connectivity index (χ0v) is 13.2. The summed E-state index contributed by atoms with van der Waals surface area (Å²) in [5.41, 5.74) is 1.75. The van der Waals surface area contributed by atoms with Crippen molar-refractivity contribution in [2.45, 2.75) is 68.2 Å². The molecule has 3 rings (SSSR count). The van der Waals surface area contributed by atoms with Crippen LogP contribution in [0.4, 0.5) is 0 Å². The molecule has 104 valence electrons. The van der Waals surface area contributed by atoms with E-state index < -0.39 is 0 Å². The average Bonchev–Trinajstić information content (AvgIpc) is 2.80. The molecule has 2 atom stereocenters. The molecule has 0 bridgehead atoms. The summed E-state index contributed by atoms with van der Waals surface area (Å²) in [6, 6.07) is 9.88. The molecule has 2 fully saturated rings. The molecule has 1 aromatic carbocycles. The standard InChI is InChI=1S/C17H25NS/c1-13-6-8-15(9-7-13)19-16-11-14-5-4-10-18(14)17(2,3)12-16/h6-9,14,16H,4-5,10-12H2,1-3H3/t14-,16+/m1/s1. The van der Waals surface area contributed by atoms with Crippen LogP contribution in [0, 0.1) is 6.92 Å². The monoisotopic (exact) mass is 275 g/mol. The fraction of sp³-hybridized carbons (Fsp3) is 0.647. The van der Waals surface area contributed by atoms with E-state index in [1.807, 2.05) is 0 Å². The molecule has 0 unspecified atom stereocenters. The van der Waals surface area contributed by atoms with E-state index in [-0.39, 0.29) is 0 Å². The molecule has 0 N–H and O–H groups in total. The Bertz CT molecular complexity index is 437. The quantitative estimate of drug-likeness (QED) is 0.782. The van der Waals surface area contributed by atoms with E-state index in [2.05, 4.69) is 61.7 Å². The number of fused-ring (bicyclic) bond motifs is 1. The van der Waals surface area contributed by atoms with Crippen LogP contribution in [-0.2, 0) is 0 Å². The van der Waals surface area contributed by atoms with Crippen molar-refractivity contribution in [3.05, 3.63) is 29.8 Å². The summed E-state index contributed by atoms with van der Waals surface area (Å²) in [6.07, 6.45) is 5.51. The lowest BCUT2D eigenvalue weighted by Crippen LogP contribution is -2.53. The highest BCUT2D eigenvalue weighted by Gasteiger charge is 2.42. The van der Waals surface area contributed by atoms with E-state index in [4.69, 9.17) is 0 Å². The van der Waals surface area contributed by atoms with Crippen molar-refractivity contribution in [2.24, 2.45) is 0 Å². The molecule has 2 saturated heterocycles. The van der Waals surface area contributed by atoms with Gasteiger partial charge in [-0.05, 0) is 65.1 Å². The second-order valence-electron chi connectivity index (χ2n) is 6.79. The minimum absolute atomic E-state index is 0.391. The number of nitrogens with zero attached hydrogens (tertiary/aromatic N) is 1. The highest BCUT2D eigenvalue weighted by Crippen LogP contribution is 2.43. The van der Waals surface area contributed by atoms with Gasteiger partial charge in [-0.15, -0.1) is 11.8 Å². The Balaban J connectivity index is 1.70. The lowest BCUT2D eigenvalue weighted by Gasteiger charge is -2.47. The Hall–Kier alpha value is -0.470. The number of rotatable bonds is 2. The normalized spacial score (nSPS) is 30.3. The average molecular weight is 275 g/mol. The number of hydrogen-bond acceptors (Lipinski definition) is 2. The van der Waals surface area contributed by atoms with Crippen LogP contribution in [-0.4, -0.2) is 28.3 Å². The van der Waals surface area contributed by atoms with Crippen molar-refractivity contribution >= 4 is 11.8 Å². The first kappa shape index (κ1) is 13.5. The van der Waals surface area contributed by atoms with Crippen molar-refractivity contribution in [1.82, 2.24) is 4.90 Å². The van der Waals surface area contributed by atoms with Crippen molar-refractivity contribution in [2.75, 3.05) is 6.54 Å². The Morgan fingerprint density at radius 2 is 1.95 bits per heavy atom. The maximum atomic E-state index is 2.76. The van der Waals surface area contributed by atoms with Gasteiger partial charge in [-0.2, -0.15) is 0 Å². The predicted molar refractivity (Wildman–Crippen MR) is 83.9 cm³/mol. The first-order valence-corrected chi connectivity index (χ1v) is 8.43. The van der Waals surface area contributed by atoms with Crippen molar-refractivity contribution in [3.63, 3.8) is 0 Å². The summed E-state index contributed by atoms with van der Waals surface area (Å²) in [4.78, 5) is 4.21. The second kappa shape index (κ2) is 5.14. The molecule has 0 aliphatic carbocycles. The first-order valence-electron chi connectivity index (χ1n) is 7.55. The molecule has 2 heteroatoms. The maximum Gasteiger partial charge on any atom is 0.0166 e. The molecule has 1 aromatic rings. The summed E-state index contributed by atoms with van der Waals surface area (Å²) >= 11 is 2.10. The van der Waals surface area contributed by atoms with Gasteiger partial charge in [-0.25, -0.2) is 0 Å². The number of hydrogen-bond donors (Lipinski definition) is 0. The van der Waals surface area contributed by atoms with Crippen LogP contribution >= 0.6 is 11.8 Å². The van der Waals surface area contributed by atoms with E-state index >= 15 is 0 Å². The van der Waals surface area contributed by atoms with Crippen LogP contribution in [0.5, 0.6) is 0 Å². The van der Waals surface area contributed by atoms with Crippen molar-refractivity contribution in [1.29, 1.82) is 0 Å². The number of benzene rings is 1. The summed E-state index contributed by atoms with van der Waals surface area (Å²) in [7, 11) is 0. The van der Waals surface area contributed by atoms with Crippen molar-refractivity contribution in [3.8, 4) is 0 Å². The van der Waals surface area contributed by atoms with E-state index in [1.165, 1.54) is 42.7 Å². The topological polar surface area (TPSA) is 3.24 Å². The third-order valence-corrected chi connectivity index (χ3v) is 5.98. The maximum absolute atomic E-state index is 2.76. The summed E-state index contributed by atoms with van der Waals surface area (Å²) in [5, 5.41) is 0.789. The molecule has 19 heavy (non-hydrogen) atoms. The van der Waals surface area contributed by atoms with Gasteiger partial charge in [-0.3, -0.25) is 4.90 Å². The molecule has 0 amide bonds. The summed E-state index contributed by atoms with van der Waals surface area (Å²) in [6.45, 7) is 8.36. The highest BCUT2D eigenvalue weighted by atomic mass is 32.2. The summed E-state index contributed by atoms with van der Waals surface area (Å²) in [5.74, 6) is 0. The van der Waals surface area contributed by atoms with Crippen LogP contribution in [0.1, 0.15) is 45.1 Å². The predicted octanol–water partition coefficient (Wildman–Crippen LogP) is 4.49. The Labute approximate surface area is 121 Å². The number of thioether (sulfide) groups is 1. The molecule has 0 spiro atoms. The fourth-order valence-electron chi connectivity index (χ4n) is 3.84. The molecule has 0 radical (unpaired) electrons. The smallest absolute Gasteiger partial charge is 0.0166 e. The second-order valence-corrected chi connectivity index (χ2v) is 8.17. The van der Waals surface area contributed by atoms with Gasteiger partial charge < -0.3 is 0 Å². The van der Waals surface area contributed by atoms with E-state index in [0.717, 1.165) is 11.3 Å². The van der Waals surface area contributed by atoms with Gasteiger partial charge in [0.15, 0.2) is 0 Å². The molecular weight excluding hydrogens is 250 g/mol. The van der Waals surface area contributed by atoms with Crippen molar-refractivity contribution < 1.29 is 0 Å². The van der Waals surface area contributed by atoms with Gasteiger partial charge in [0, 0.05) is 21.7 Å². The lowest BCUT2D eigenvalue weighted by atomic mass is 9.87. The van der Waals surface area contributed by atoms with Gasteiger partial charge in [0.25, 0.3) is 0 Å². The van der Waals surface area contributed by atoms with Crippen LogP contribution in [0.3, 0.4) is 0 Å². The molecule has 2 aliphatic rings. The Morgan fingerprint density at radius 1 is 1.21 bits per heavy atom. The third-order valence-electron chi connectivity index (χ3n) is 4.74. The first-order chi connectivity index (χ1) is 9.04. The van der Waals surface area contributed by atoms with E-state index in [1.54, 1.807) is 0 Å². The molecule has 1 nitrogen and oxygen atoms in total. The van der Waals surface area contributed by atoms with Crippen LogP contribution in [0.2, 0.25) is 0 Å². The zero-order chi connectivity index (χ0) is 13.5. The zero-order valence-electron chi connectivity index (χ0n) is 12.4. The fourth-order valence-corrected chi connectivity index (χ4v) is 5.33. The Morgan fingerprint density at radius 3 is 2.68 bits per heavy atom. The van der Waals surface area contributed by atoms with Gasteiger partial charge in [0.2, 0.25) is 0 Å². The number of aryl methyl sites for hydroxylation is 1. The van der Waals surface area contributed by atoms with Gasteiger partial charge in [0.1, 0.15) is 0 Å². The van der Waals surface area contributed by atoms with E-state index in [0.29, 0.717) is 5.54 Å². The van der Waals surface area contributed by atoms with Crippen LogP contribution in [0.25, 0.3) is 0 Å². The largest absolute Gasteiger partial charge is 0.295 e. The van der Waals surface area contributed by atoms with Gasteiger partial charge >= 0.3 is 0 Å². The molecule has 0 saturated carbocycles. The van der Waals surface area contributed by atoms with Gasteiger partial charge in [-0.1, -0.05) is 17.7 Å².